The Morgan fingerprint density at radius 3 is 2.48 bits per heavy atom. The SMILES string of the molecule is Cc1nc2cc(C)c(NC3=NC(C)(NC#N)C(F)=CN3Cc3cc(F)c(F)c(F)c3)cc2s1. The molecule has 2 aromatic carbocycles. The van der Waals surface area contributed by atoms with E-state index in [1.165, 1.54) is 23.2 Å². The average Bonchev–Trinajstić information content (AvgIpc) is 3.09. The van der Waals surface area contributed by atoms with Crippen LogP contribution < -0.4 is 10.6 Å². The van der Waals surface area contributed by atoms with Crippen LogP contribution in [0.1, 0.15) is 23.1 Å². The molecular formula is C22H18F4N6S. The molecule has 1 unspecified atom stereocenters. The fourth-order valence-corrected chi connectivity index (χ4v) is 4.26. The summed E-state index contributed by atoms with van der Waals surface area (Å²) in [7, 11) is 0. The Labute approximate surface area is 190 Å². The molecular weight excluding hydrogens is 456 g/mol. The lowest BCUT2D eigenvalue weighted by Crippen LogP contribution is -2.47. The minimum atomic E-state index is -1.67. The van der Waals surface area contributed by atoms with Crippen molar-refractivity contribution in [2.24, 2.45) is 4.99 Å². The van der Waals surface area contributed by atoms with E-state index in [9.17, 15) is 17.6 Å². The monoisotopic (exact) mass is 474 g/mol. The highest BCUT2D eigenvalue weighted by molar-refractivity contribution is 7.18. The number of fused-ring (bicyclic) bond motifs is 1. The molecule has 0 saturated carbocycles. The van der Waals surface area contributed by atoms with Crippen molar-refractivity contribution in [3.05, 3.63) is 69.9 Å². The number of aliphatic imine (C=N–C) groups is 1. The van der Waals surface area contributed by atoms with Crippen LogP contribution in [0, 0.1) is 42.8 Å². The summed E-state index contributed by atoms with van der Waals surface area (Å²) >= 11 is 1.50. The number of hydrogen-bond acceptors (Lipinski definition) is 7. The Kier molecular flexibility index (Phi) is 5.71. The molecule has 2 N–H and O–H groups in total. The highest BCUT2D eigenvalue weighted by Gasteiger charge is 2.35. The molecule has 2 heterocycles. The maximum Gasteiger partial charge on any atom is 0.205 e. The van der Waals surface area contributed by atoms with E-state index in [0.29, 0.717) is 5.69 Å². The lowest BCUT2D eigenvalue weighted by molar-refractivity contribution is 0.352. The third-order valence-corrected chi connectivity index (χ3v) is 6.05. The molecule has 0 bridgehead atoms. The highest BCUT2D eigenvalue weighted by atomic mass is 32.1. The summed E-state index contributed by atoms with van der Waals surface area (Å²) in [6.07, 6.45) is 2.76. The van der Waals surface area contributed by atoms with Crippen molar-refractivity contribution in [3.8, 4) is 6.19 Å². The van der Waals surface area contributed by atoms with Crippen molar-refractivity contribution in [2.75, 3.05) is 5.32 Å². The first kappa shape index (κ1) is 22.5. The van der Waals surface area contributed by atoms with Gasteiger partial charge in [-0.2, -0.15) is 5.26 Å². The quantitative estimate of drug-likeness (QED) is 0.235. The summed E-state index contributed by atoms with van der Waals surface area (Å²) in [4.78, 5) is 10.1. The molecule has 0 fully saturated rings. The predicted octanol–water partition coefficient (Wildman–Crippen LogP) is 5.21. The van der Waals surface area contributed by atoms with Crippen LogP contribution in [0.25, 0.3) is 10.2 Å². The summed E-state index contributed by atoms with van der Waals surface area (Å²) < 4.78 is 56.6. The topological polar surface area (TPSA) is 76.3 Å². The fourth-order valence-electron chi connectivity index (χ4n) is 3.41. The van der Waals surface area contributed by atoms with E-state index in [-0.39, 0.29) is 18.1 Å². The Morgan fingerprint density at radius 2 is 1.82 bits per heavy atom. The number of thiazole rings is 1. The van der Waals surface area contributed by atoms with Crippen LogP contribution in [0.3, 0.4) is 0 Å². The standard InChI is InChI=1S/C22H18F4N6S/c1-11-4-17-18(33-12(2)29-17)7-16(11)30-21-31-22(3,28-10-27)19(25)9-32(21)8-13-5-14(23)20(26)15(24)6-13/h4-7,9,28H,8H2,1-3H3,(H,30,31). The van der Waals surface area contributed by atoms with Crippen LogP contribution in [-0.2, 0) is 6.54 Å². The van der Waals surface area contributed by atoms with Crippen LogP contribution in [0.5, 0.6) is 0 Å². The van der Waals surface area contributed by atoms with E-state index < -0.39 is 28.9 Å². The lowest BCUT2D eigenvalue weighted by atomic mass is 10.1. The maximum absolute atomic E-state index is 14.9. The van der Waals surface area contributed by atoms with Gasteiger partial charge in [0, 0.05) is 11.9 Å². The molecule has 0 radical (unpaired) electrons. The van der Waals surface area contributed by atoms with Crippen LogP contribution >= 0.6 is 11.3 Å². The van der Waals surface area contributed by atoms with E-state index >= 15 is 0 Å². The smallest absolute Gasteiger partial charge is 0.205 e. The van der Waals surface area contributed by atoms with Gasteiger partial charge in [-0.25, -0.2) is 27.5 Å². The zero-order valence-corrected chi connectivity index (χ0v) is 18.6. The lowest BCUT2D eigenvalue weighted by Gasteiger charge is -2.34. The molecule has 3 aromatic rings. The van der Waals surface area contributed by atoms with E-state index in [4.69, 9.17) is 5.26 Å². The average molecular weight is 474 g/mol. The number of nitrogens with one attached hydrogen (secondary N) is 2. The molecule has 1 aromatic heterocycles. The summed E-state index contributed by atoms with van der Waals surface area (Å²) in [5.74, 6) is -4.95. The first-order chi connectivity index (χ1) is 15.6. The molecule has 170 valence electrons. The molecule has 1 aliphatic heterocycles. The van der Waals surface area contributed by atoms with Gasteiger partial charge in [0.05, 0.1) is 21.8 Å². The van der Waals surface area contributed by atoms with Crippen molar-refractivity contribution in [1.29, 1.82) is 5.26 Å². The van der Waals surface area contributed by atoms with Crippen molar-refractivity contribution < 1.29 is 17.6 Å². The number of aryl methyl sites for hydroxylation is 2. The summed E-state index contributed by atoms with van der Waals surface area (Å²) in [5, 5.41) is 15.4. The van der Waals surface area contributed by atoms with E-state index in [2.05, 4.69) is 20.6 Å². The number of benzene rings is 2. The van der Waals surface area contributed by atoms with Gasteiger partial charge in [0.1, 0.15) is 0 Å². The number of anilines is 1. The van der Waals surface area contributed by atoms with E-state index in [1.807, 2.05) is 26.0 Å². The highest BCUT2D eigenvalue weighted by Crippen LogP contribution is 2.31. The normalized spacial score (nSPS) is 18.1. The molecule has 33 heavy (non-hydrogen) atoms. The van der Waals surface area contributed by atoms with Crippen molar-refractivity contribution in [1.82, 2.24) is 15.2 Å². The van der Waals surface area contributed by atoms with Gasteiger partial charge in [-0.3, -0.25) is 5.32 Å². The van der Waals surface area contributed by atoms with Gasteiger partial charge in [-0.05, 0) is 56.2 Å². The van der Waals surface area contributed by atoms with Crippen molar-refractivity contribution in [2.45, 2.75) is 33.0 Å². The Bertz CT molecular complexity index is 1340. The van der Waals surface area contributed by atoms with E-state index in [0.717, 1.165) is 39.1 Å². The van der Waals surface area contributed by atoms with Crippen LogP contribution in [0.2, 0.25) is 0 Å². The minimum Gasteiger partial charge on any atom is -0.326 e. The van der Waals surface area contributed by atoms with Gasteiger partial charge in [0.15, 0.2) is 35.1 Å². The number of nitriles is 1. The molecule has 1 aliphatic rings. The number of aromatic nitrogens is 1. The van der Waals surface area contributed by atoms with E-state index in [1.54, 1.807) is 6.19 Å². The number of rotatable bonds is 4. The van der Waals surface area contributed by atoms with Crippen LogP contribution in [-0.4, -0.2) is 21.5 Å². The summed E-state index contributed by atoms with van der Waals surface area (Å²) in [6, 6.07) is 5.43. The molecule has 0 aliphatic carbocycles. The molecule has 6 nitrogen and oxygen atoms in total. The zero-order chi connectivity index (χ0) is 23.9. The van der Waals surface area contributed by atoms with Crippen molar-refractivity contribution >= 4 is 33.2 Å². The Hall–Kier alpha value is -3.65. The van der Waals surface area contributed by atoms with Crippen LogP contribution in [0.4, 0.5) is 23.2 Å². The number of hydrogen-bond donors (Lipinski definition) is 2. The Balaban J connectivity index is 1.74. The second kappa shape index (κ2) is 8.37. The van der Waals surface area contributed by atoms with Gasteiger partial charge >= 0.3 is 0 Å². The molecule has 0 spiro atoms. The van der Waals surface area contributed by atoms with Gasteiger partial charge in [0.25, 0.3) is 0 Å². The van der Waals surface area contributed by atoms with Gasteiger partial charge < -0.3 is 10.2 Å². The maximum atomic E-state index is 14.9. The third-order valence-electron chi connectivity index (χ3n) is 5.12. The largest absolute Gasteiger partial charge is 0.326 e. The third kappa shape index (κ3) is 4.34. The fraction of sp³-hybridized carbons (Fsp3) is 0.227. The molecule has 4 rings (SSSR count). The molecule has 0 amide bonds. The van der Waals surface area contributed by atoms with Gasteiger partial charge in [-0.1, -0.05) is 0 Å². The number of guanidine groups is 1. The second-order valence-corrected chi connectivity index (χ2v) is 8.95. The second-order valence-electron chi connectivity index (χ2n) is 7.72. The molecule has 11 heteroatoms. The minimum absolute atomic E-state index is 0.0621. The van der Waals surface area contributed by atoms with Gasteiger partial charge in [0.2, 0.25) is 5.96 Å². The first-order valence-corrected chi connectivity index (χ1v) is 10.6. The Morgan fingerprint density at radius 1 is 1.12 bits per heavy atom. The number of halogens is 4. The number of nitrogens with zero attached hydrogens (tertiary/aromatic N) is 4. The molecule has 0 saturated heterocycles. The zero-order valence-electron chi connectivity index (χ0n) is 17.8. The van der Waals surface area contributed by atoms with Crippen LogP contribution in [0.15, 0.2) is 41.3 Å². The predicted molar refractivity (Wildman–Crippen MR) is 118 cm³/mol. The summed E-state index contributed by atoms with van der Waals surface area (Å²) in [6.45, 7) is 4.92. The summed E-state index contributed by atoms with van der Waals surface area (Å²) in [5.41, 5.74) is 0.710. The van der Waals surface area contributed by atoms with Crippen molar-refractivity contribution in [3.63, 3.8) is 0 Å². The first-order valence-electron chi connectivity index (χ1n) is 9.78. The molecule has 1 atom stereocenters. The van der Waals surface area contributed by atoms with Gasteiger partial charge in [-0.15, -0.1) is 11.3 Å².